The van der Waals surface area contributed by atoms with E-state index in [1.807, 2.05) is 48.5 Å². The molecule has 1 heterocycles. The second-order valence-electron chi connectivity index (χ2n) is 5.11. The number of fused-ring (bicyclic) bond motifs is 2. The minimum Gasteiger partial charge on any atom is -0.327 e. The van der Waals surface area contributed by atoms with Gasteiger partial charge in [-0.1, -0.05) is 54.6 Å². The number of carbonyl (C=O) groups excluding carboxylic acids is 2. The van der Waals surface area contributed by atoms with Gasteiger partial charge in [0.15, 0.2) is 5.78 Å². The van der Waals surface area contributed by atoms with Gasteiger partial charge < -0.3 is 10.6 Å². The van der Waals surface area contributed by atoms with E-state index in [4.69, 9.17) is 0 Å². The first-order valence-corrected chi connectivity index (χ1v) is 6.76. The summed E-state index contributed by atoms with van der Waals surface area (Å²) in [5.74, 6) is -0.0260. The lowest BCUT2D eigenvalue weighted by molar-refractivity contribution is 0.103. The van der Waals surface area contributed by atoms with Crippen LogP contribution in [0.15, 0.2) is 60.2 Å². The summed E-state index contributed by atoms with van der Waals surface area (Å²) in [7, 11) is 0. The van der Waals surface area contributed by atoms with Gasteiger partial charge in [0.1, 0.15) is 0 Å². The highest BCUT2D eigenvalue weighted by Crippen LogP contribution is 2.39. The van der Waals surface area contributed by atoms with Crippen LogP contribution in [0.1, 0.15) is 27.5 Å². The number of Topliss-reactive ketones (excluding diaryl/α,β-unsaturated/α-hetero) is 1. The van der Waals surface area contributed by atoms with Crippen molar-refractivity contribution >= 4 is 17.5 Å². The van der Waals surface area contributed by atoms with Crippen LogP contribution in [0.5, 0.6) is 0 Å². The van der Waals surface area contributed by atoms with Gasteiger partial charge in [-0.05, 0) is 5.56 Å². The molecule has 0 bridgehead atoms. The Balaban J connectivity index is 1.91. The number of ketones is 1. The first kappa shape index (κ1) is 11.9. The van der Waals surface area contributed by atoms with Crippen molar-refractivity contribution in [3.63, 3.8) is 0 Å². The van der Waals surface area contributed by atoms with Crippen LogP contribution in [-0.4, -0.2) is 11.8 Å². The molecule has 21 heavy (non-hydrogen) atoms. The van der Waals surface area contributed by atoms with Crippen LogP contribution >= 0.6 is 0 Å². The highest BCUT2D eigenvalue weighted by molar-refractivity contribution is 6.23. The van der Waals surface area contributed by atoms with Gasteiger partial charge in [-0.15, -0.1) is 0 Å². The summed E-state index contributed by atoms with van der Waals surface area (Å²) < 4.78 is 0. The Bertz CT molecular complexity index is 793. The smallest absolute Gasteiger partial charge is 0.320 e. The third-order valence-corrected chi connectivity index (χ3v) is 3.89. The molecule has 1 aliphatic carbocycles. The summed E-state index contributed by atoms with van der Waals surface area (Å²) in [5.41, 5.74) is 3.59. The van der Waals surface area contributed by atoms with E-state index < -0.39 is 6.04 Å². The summed E-state index contributed by atoms with van der Waals surface area (Å²) in [6.07, 6.45) is 0. The second kappa shape index (κ2) is 4.31. The molecule has 2 N–H and O–H groups in total. The zero-order valence-corrected chi connectivity index (χ0v) is 11.1. The molecule has 4 rings (SSSR count). The highest BCUT2D eigenvalue weighted by atomic mass is 16.2. The number of hydrogen-bond acceptors (Lipinski definition) is 2. The Morgan fingerprint density at radius 3 is 2.24 bits per heavy atom. The number of carbonyl (C=O) groups is 2. The molecule has 2 aromatic carbocycles. The average molecular weight is 276 g/mol. The molecule has 102 valence electrons. The summed E-state index contributed by atoms with van der Waals surface area (Å²) >= 11 is 0. The van der Waals surface area contributed by atoms with Gasteiger partial charge in [-0.2, -0.15) is 0 Å². The zero-order valence-electron chi connectivity index (χ0n) is 11.1. The van der Waals surface area contributed by atoms with Crippen molar-refractivity contribution in [3.05, 3.63) is 76.9 Å². The van der Waals surface area contributed by atoms with E-state index in [0.29, 0.717) is 16.8 Å². The maximum atomic E-state index is 12.7. The molecular formula is C17H12N2O2. The highest BCUT2D eigenvalue weighted by Gasteiger charge is 2.39. The van der Waals surface area contributed by atoms with Crippen LogP contribution < -0.4 is 10.6 Å². The van der Waals surface area contributed by atoms with E-state index in [1.165, 1.54) is 0 Å². The number of amides is 2. The van der Waals surface area contributed by atoms with E-state index >= 15 is 0 Å². The van der Waals surface area contributed by atoms with E-state index in [1.54, 1.807) is 6.07 Å². The molecule has 0 saturated heterocycles. The van der Waals surface area contributed by atoms with E-state index in [9.17, 15) is 9.59 Å². The van der Waals surface area contributed by atoms with Gasteiger partial charge in [-0.25, -0.2) is 4.79 Å². The summed E-state index contributed by atoms with van der Waals surface area (Å²) in [4.78, 5) is 24.6. The Morgan fingerprint density at radius 2 is 1.48 bits per heavy atom. The SMILES string of the molecule is O=C1NC2=C(C(=O)c3ccccc32)[C@H](c2ccccc2)N1. The summed E-state index contributed by atoms with van der Waals surface area (Å²) in [5, 5.41) is 5.61. The van der Waals surface area contributed by atoms with Gasteiger partial charge in [0.05, 0.1) is 17.3 Å². The number of urea groups is 1. The topological polar surface area (TPSA) is 58.2 Å². The number of hydrogen-bond donors (Lipinski definition) is 2. The van der Waals surface area contributed by atoms with Crippen molar-refractivity contribution in [2.24, 2.45) is 0 Å². The van der Waals surface area contributed by atoms with Crippen LogP contribution in [-0.2, 0) is 0 Å². The molecule has 4 heteroatoms. The lowest BCUT2D eigenvalue weighted by Crippen LogP contribution is -2.43. The molecule has 0 saturated carbocycles. The molecule has 0 fully saturated rings. The lowest BCUT2D eigenvalue weighted by Gasteiger charge is -2.26. The van der Waals surface area contributed by atoms with Crippen LogP contribution in [0.3, 0.4) is 0 Å². The van der Waals surface area contributed by atoms with Crippen molar-refractivity contribution in [1.29, 1.82) is 0 Å². The minimum absolute atomic E-state index is 0.0260. The fourth-order valence-electron chi connectivity index (χ4n) is 2.96. The molecule has 1 aliphatic heterocycles. The fourth-order valence-corrected chi connectivity index (χ4v) is 2.96. The van der Waals surface area contributed by atoms with Crippen molar-refractivity contribution in [3.8, 4) is 0 Å². The van der Waals surface area contributed by atoms with E-state index in [0.717, 1.165) is 11.1 Å². The third-order valence-electron chi connectivity index (χ3n) is 3.89. The van der Waals surface area contributed by atoms with Gasteiger partial charge in [0.25, 0.3) is 0 Å². The molecule has 0 spiro atoms. The molecule has 0 unspecified atom stereocenters. The normalized spacial score (nSPS) is 19.7. The zero-order chi connectivity index (χ0) is 14.4. The molecule has 4 nitrogen and oxygen atoms in total. The first-order chi connectivity index (χ1) is 10.3. The van der Waals surface area contributed by atoms with E-state index in [2.05, 4.69) is 10.6 Å². The van der Waals surface area contributed by atoms with Crippen molar-refractivity contribution in [2.75, 3.05) is 0 Å². The van der Waals surface area contributed by atoms with Crippen molar-refractivity contribution in [1.82, 2.24) is 10.6 Å². The van der Waals surface area contributed by atoms with Crippen LogP contribution in [0.2, 0.25) is 0 Å². The number of benzene rings is 2. The van der Waals surface area contributed by atoms with Crippen LogP contribution in [0.4, 0.5) is 4.79 Å². The van der Waals surface area contributed by atoms with E-state index in [-0.39, 0.29) is 11.8 Å². The van der Waals surface area contributed by atoms with Crippen molar-refractivity contribution in [2.45, 2.75) is 6.04 Å². The standard InChI is InChI=1S/C17H12N2O2/c20-16-12-9-5-4-8-11(12)15-13(16)14(18-17(21)19-15)10-6-2-1-3-7-10/h1-9,14H,(H2,18,19,21)/t14-/m0/s1. The molecule has 0 aromatic heterocycles. The van der Waals surface area contributed by atoms with Gasteiger partial charge in [-0.3, -0.25) is 4.79 Å². The molecule has 2 amide bonds. The predicted molar refractivity (Wildman–Crippen MR) is 78.5 cm³/mol. The predicted octanol–water partition coefficient (Wildman–Crippen LogP) is 2.65. The van der Waals surface area contributed by atoms with Gasteiger partial charge in [0.2, 0.25) is 0 Å². The Kier molecular flexibility index (Phi) is 2.44. The summed E-state index contributed by atoms with van der Waals surface area (Å²) in [6.45, 7) is 0. The number of nitrogens with one attached hydrogen (secondary N) is 2. The van der Waals surface area contributed by atoms with Crippen molar-refractivity contribution < 1.29 is 9.59 Å². The Morgan fingerprint density at radius 1 is 0.810 bits per heavy atom. The minimum atomic E-state index is -0.408. The maximum Gasteiger partial charge on any atom is 0.320 e. The van der Waals surface area contributed by atoms with Gasteiger partial charge >= 0.3 is 6.03 Å². The summed E-state index contributed by atoms with van der Waals surface area (Å²) in [6, 6.07) is 16.2. The first-order valence-electron chi connectivity index (χ1n) is 6.76. The average Bonchev–Trinajstić information content (AvgIpc) is 2.81. The fraction of sp³-hybridized carbons (Fsp3) is 0.0588. The quantitative estimate of drug-likeness (QED) is 0.841. The molecule has 0 radical (unpaired) electrons. The Hall–Kier alpha value is -2.88. The Labute approximate surface area is 121 Å². The van der Waals surface area contributed by atoms with Gasteiger partial charge in [0, 0.05) is 11.1 Å². The molecule has 1 atom stereocenters. The largest absolute Gasteiger partial charge is 0.327 e. The molecule has 2 aliphatic rings. The number of rotatable bonds is 1. The monoisotopic (exact) mass is 276 g/mol. The van der Waals surface area contributed by atoms with Crippen LogP contribution in [0.25, 0.3) is 5.70 Å². The third kappa shape index (κ3) is 1.69. The molecular weight excluding hydrogens is 264 g/mol. The lowest BCUT2D eigenvalue weighted by atomic mass is 9.94. The molecule has 2 aromatic rings. The second-order valence-corrected chi connectivity index (χ2v) is 5.11. The van der Waals surface area contributed by atoms with Crippen LogP contribution in [0, 0.1) is 0 Å². The maximum absolute atomic E-state index is 12.7.